The van der Waals surface area contributed by atoms with Crippen LogP contribution in [0.3, 0.4) is 0 Å². The monoisotopic (exact) mass is 272 g/mol. The quantitative estimate of drug-likeness (QED) is 0.635. The van der Waals surface area contributed by atoms with E-state index in [-0.39, 0.29) is 5.97 Å². The van der Waals surface area contributed by atoms with Gasteiger partial charge in [-0.2, -0.15) is 0 Å². The standard InChI is InChI=1S/C16H20N2O2/c1-18-11-17-14-10-13(7-8-15(14)18)20-16(19)9-12-5-3-2-4-6-12/h7-8,10-12H,2-6,9H2,1H3. The molecule has 0 bridgehead atoms. The van der Waals surface area contributed by atoms with Gasteiger partial charge in [-0.1, -0.05) is 19.3 Å². The largest absolute Gasteiger partial charge is 0.426 e. The number of ether oxygens (including phenoxy) is 1. The Morgan fingerprint density at radius 2 is 2.15 bits per heavy atom. The van der Waals surface area contributed by atoms with E-state index in [0.29, 0.717) is 18.1 Å². The maximum absolute atomic E-state index is 12.0. The van der Waals surface area contributed by atoms with E-state index in [9.17, 15) is 4.79 Å². The van der Waals surface area contributed by atoms with E-state index < -0.39 is 0 Å². The van der Waals surface area contributed by atoms with Crippen LogP contribution in [0.25, 0.3) is 11.0 Å². The molecule has 20 heavy (non-hydrogen) atoms. The van der Waals surface area contributed by atoms with E-state index in [2.05, 4.69) is 4.98 Å². The third kappa shape index (κ3) is 2.84. The number of aromatic nitrogens is 2. The molecule has 0 aliphatic heterocycles. The summed E-state index contributed by atoms with van der Waals surface area (Å²) < 4.78 is 7.39. The summed E-state index contributed by atoms with van der Waals surface area (Å²) >= 11 is 0. The smallest absolute Gasteiger partial charge is 0.311 e. The minimum absolute atomic E-state index is 0.118. The van der Waals surface area contributed by atoms with Crippen LogP contribution in [-0.4, -0.2) is 15.5 Å². The lowest BCUT2D eigenvalue weighted by atomic mass is 9.87. The van der Waals surface area contributed by atoms with Crippen LogP contribution in [0.5, 0.6) is 5.75 Å². The topological polar surface area (TPSA) is 44.1 Å². The van der Waals surface area contributed by atoms with E-state index in [0.717, 1.165) is 23.9 Å². The Morgan fingerprint density at radius 1 is 1.35 bits per heavy atom. The van der Waals surface area contributed by atoms with Gasteiger partial charge < -0.3 is 9.30 Å². The van der Waals surface area contributed by atoms with Crippen molar-refractivity contribution in [2.45, 2.75) is 38.5 Å². The van der Waals surface area contributed by atoms with Crippen molar-refractivity contribution >= 4 is 17.0 Å². The van der Waals surface area contributed by atoms with Crippen molar-refractivity contribution in [1.82, 2.24) is 9.55 Å². The van der Waals surface area contributed by atoms with Crippen LogP contribution in [0.4, 0.5) is 0 Å². The zero-order valence-corrected chi connectivity index (χ0v) is 11.8. The Morgan fingerprint density at radius 3 is 2.95 bits per heavy atom. The number of esters is 1. The molecule has 106 valence electrons. The molecule has 4 nitrogen and oxygen atoms in total. The second-order valence-electron chi connectivity index (χ2n) is 5.69. The maximum atomic E-state index is 12.0. The number of fused-ring (bicyclic) bond motifs is 1. The van der Waals surface area contributed by atoms with Gasteiger partial charge >= 0.3 is 5.97 Å². The third-order valence-electron chi connectivity index (χ3n) is 4.11. The molecule has 1 aliphatic rings. The molecular formula is C16H20N2O2. The van der Waals surface area contributed by atoms with Crippen molar-refractivity contribution in [1.29, 1.82) is 0 Å². The van der Waals surface area contributed by atoms with Crippen molar-refractivity contribution in [2.75, 3.05) is 0 Å². The van der Waals surface area contributed by atoms with Crippen molar-refractivity contribution in [2.24, 2.45) is 13.0 Å². The number of hydrogen-bond donors (Lipinski definition) is 0. The number of aryl methyl sites for hydroxylation is 1. The Labute approximate surface area is 118 Å². The van der Waals surface area contributed by atoms with Crippen LogP contribution in [0, 0.1) is 5.92 Å². The minimum Gasteiger partial charge on any atom is -0.426 e. The Hall–Kier alpha value is -1.84. The molecule has 0 spiro atoms. The van der Waals surface area contributed by atoms with Gasteiger partial charge in [0, 0.05) is 19.5 Å². The molecule has 3 rings (SSSR count). The van der Waals surface area contributed by atoms with Crippen LogP contribution in [0.1, 0.15) is 38.5 Å². The van der Waals surface area contributed by atoms with Gasteiger partial charge in [0.25, 0.3) is 0 Å². The molecule has 0 unspecified atom stereocenters. The summed E-state index contributed by atoms with van der Waals surface area (Å²) in [6, 6.07) is 5.60. The molecule has 0 N–H and O–H groups in total. The number of carbonyl (C=O) groups excluding carboxylic acids is 1. The highest BCUT2D eigenvalue weighted by molar-refractivity contribution is 5.79. The molecule has 1 fully saturated rings. The minimum atomic E-state index is -0.118. The molecule has 0 radical (unpaired) electrons. The fourth-order valence-electron chi connectivity index (χ4n) is 2.98. The molecule has 1 aromatic heterocycles. The fourth-order valence-corrected chi connectivity index (χ4v) is 2.98. The summed E-state index contributed by atoms with van der Waals surface area (Å²) in [5.74, 6) is 0.985. The summed E-state index contributed by atoms with van der Waals surface area (Å²) in [6.45, 7) is 0. The van der Waals surface area contributed by atoms with E-state index in [1.54, 1.807) is 6.33 Å². The first-order valence-corrected chi connectivity index (χ1v) is 7.34. The van der Waals surface area contributed by atoms with Crippen LogP contribution in [0.15, 0.2) is 24.5 Å². The van der Waals surface area contributed by atoms with Gasteiger partial charge in [0.15, 0.2) is 0 Å². The molecule has 1 aromatic carbocycles. The van der Waals surface area contributed by atoms with Crippen molar-refractivity contribution in [3.63, 3.8) is 0 Å². The lowest BCUT2D eigenvalue weighted by Crippen LogP contribution is -2.16. The molecule has 0 amide bonds. The fraction of sp³-hybridized carbons (Fsp3) is 0.500. The molecule has 2 aromatic rings. The van der Waals surface area contributed by atoms with Crippen LogP contribution >= 0.6 is 0 Å². The molecule has 1 heterocycles. The lowest BCUT2D eigenvalue weighted by molar-refractivity contribution is -0.135. The van der Waals surface area contributed by atoms with Gasteiger partial charge in [-0.3, -0.25) is 4.79 Å². The molecular weight excluding hydrogens is 252 g/mol. The molecule has 4 heteroatoms. The predicted octanol–water partition coefficient (Wildman–Crippen LogP) is 3.45. The van der Waals surface area contributed by atoms with Crippen LogP contribution in [-0.2, 0) is 11.8 Å². The lowest BCUT2D eigenvalue weighted by Gasteiger charge is -2.20. The molecule has 1 aliphatic carbocycles. The highest BCUT2D eigenvalue weighted by Gasteiger charge is 2.18. The number of benzene rings is 1. The summed E-state index contributed by atoms with van der Waals surface area (Å²) in [5.41, 5.74) is 1.90. The zero-order valence-electron chi connectivity index (χ0n) is 11.8. The average molecular weight is 272 g/mol. The summed E-state index contributed by atoms with van der Waals surface area (Å²) in [6.07, 6.45) is 8.43. The maximum Gasteiger partial charge on any atom is 0.311 e. The first-order valence-electron chi connectivity index (χ1n) is 7.34. The van der Waals surface area contributed by atoms with E-state index in [1.165, 1.54) is 19.3 Å². The number of hydrogen-bond acceptors (Lipinski definition) is 3. The Bertz CT molecular complexity index is 612. The Balaban J connectivity index is 1.64. The molecule has 0 saturated heterocycles. The van der Waals surface area contributed by atoms with Crippen molar-refractivity contribution in [3.8, 4) is 5.75 Å². The van der Waals surface area contributed by atoms with E-state index >= 15 is 0 Å². The first-order chi connectivity index (χ1) is 9.72. The van der Waals surface area contributed by atoms with Crippen LogP contribution in [0.2, 0.25) is 0 Å². The van der Waals surface area contributed by atoms with Crippen molar-refractivity contribution in [3.05, 3.63) is 24.5 Å². The summed E-state index contributed by atoms with van der Waals surface area (Å²) in [4.78, 5) is 16.2. The number of imidazole rings is 1. The SMILES string of the molecule is Cn1cnc2cc(OC(=O)CC3CCCCC3)ccc21. The second-order valence-corrected chi connectivity index (χ2v) is 5.69. The van der Waals surface area contributed by atoms with E-state index in [4.69, 9.17) is 4.74 Å². The number of nitrogens with zero attached hydrogens (tertiary/aromatic N) is 2. The highest BCUT2D eigenvalue weighted by atomic mass is 16.5. The second kappa shape index (κ2) is 5.65. The van der Waals surface area contributed by atoms with Gasteiger partial charge in [0.05, 0.1) is 17.4 Å². The van der Waals surface area contributed by atoms with Crippen LogP contribution < -0.4 is 4.74 Å². The van der Waals surface area contributed by atoms with E-state index in [1.807, 2.05) is 29.8 Å². The van der Waals surface area contributed by atoms with Gasteiger partial charge in [0.1, 0.15) is 5.75 Å². The van der Waals surface area contributed by atoms with Gasteiger partial charge in [-0.15, -0.1) is 0 Å². The summed E-state index contributed by atoms with van der Waals surface area (Å²) in [5, 5.41) is 0. The van der Waals surface area contributed by atoms with Gasteiger partial charge in [-0.25, -0.2) is 4.98 Å². The summed E-state index contributed by atoms with van der Waals surface area (Å²) in [7, 11) is 1.95. The number of rotatable bonds is 3. The molecule has 0 atom stereocenters. The number of carbonyl (C=O) groups is 1. The van der Waals surface area contributed by atoms with Gasteiger partial charge in [0.2, 0.25) is 0 Å². The first kappa shape index (κ1) is 13.2. The van der Waals surface area contributed by atoms with Gasteiger partial charge in [-0.05, 0) is 30.9 Å². The Kier molecular flexibility index (Phi) is 3.72. The average Bonchev–Trinajstić information content (AvgIpc) is 2.81. The normalized spacial score (nSPS) is 16.4. The third-order valence-corrected chi connectivity index (χ3v) is 4.11. The molecule has 1 saturated carbocycles. The van der Waals surface area contributed by atoms with Crippen molar-refractivity contribution < 1.29 is 9.53 Å². The zero-order chi connectivity index (χ0) is 13.9. The predicted molar refractivity (Wildman–Crippen MR) is 77.5 cm³/mol. The highest BCUT2D eigenvalue weighted by Crippen LogP contribution is 2.27.